The van der Waals surface area contributed by atoms with Crippen LogP contribution < -0.4 is 21.7 Å². The summed E-state index contributed by atoms with van der Waals surface area (Å²) in [4.78, 5) is 53.0. The maximum Gasteiger partial charge on any atom is 0.240 e. The van der Waals surface area contributed by atoms with Crippen LogP contribution >= 0.6 is 0 Å². The molecule has 0 radical (unpaired) electrons. The molecule has 4 aliphatic carbocycles. The lowest BCUT2D eigenvalue weighted by Crippen LogP contribution is -2.63. The van der Waals surface area contributed by atoms with Crippen molar-refractivity contribution in [1.82, 2.24) is 5.32 Å². The Morgan fingerprint density at radius 1 is 1.18 bits per heavy atom. The molecule has 5 atom stereocenters. The fourth-order valence-corrected chi connectivity index (χ4v) is 6.28. The van der Waals surface area contributed by atoms with Crippen LogP contribution in [0.4, 0.5) is 5.69 Å². The Morgan fingerprint density at radius 3 is 2.42 bits per heavy atom. The van der Waals surface area contributed by atoms with Gasteiger partial charge in [0.05, 0.1) is 17.2 Å². The molecule has 5 rings (SSSR count). The van der Waals surface area contributed by atoms with Crippen LogP contribution in [0.3, 0.4) is 0 Å². The number of aliphatic hydroxyl groups is 3. The Bertz CT molecular complexity index is 1320. The van der Waals surface area contributed by atoms with Gasteiger partial charge in [-0.05, 0) is 49.7 Å². The molecular weight excluding hydrogens is 496 g/mol. The van der Waals surface area contributed by atoms with E-state index in [0.717, 1.165) is 0 Å². The van der Waals surface area contributed by atoms with Crippen molar-refractivity contribution in [3.05, 3.63) is 34.1 Å². The molecule has 1 aromatic carbocycles. The van der Waals surface area contributed by atoms with Gasteiger partial charge in [-0.1, -0.05) is 0 Å². The number of Topliss-reactive ketones (excluding diaryl/α,β-unsaturated/α-hetero) is 2. The van der Waals surface area contributed by atoms with Crippen molar-refractivity contribution in [2.75, 3.05) is 19.0 Å². The minimum atomic E-state index is -2.57. The molecule has 1 aromatic rings. The zero-order valence-corrected chi connectivity index (χ0v) is 21.2. The Kier molecular flexibility index (Phi) is 5.86. The van der Waals surface area contributed by atoms with Crippen LogP contribution in [0.5, 0.6) is 5.75 Å². The smallest absolute Gasteiger partial charge is 0.240 e. The van der Waals surface area contributed by atoms with Crippen molar-refractivity contribution in [2.24, 2.45) is 29.2 Å². The number of carbonyl (C=O) groups is 4. The molecule has 0 aliphatic heterocycles. The molecule has 38 heavy (non-hydrogen) atoms. The van der Waals surface area contributed by atoms with Crippen LogP contribution in [-0.4, -0.2) is 75.1 Å². The van der Waals surface area contributed by atoms with Crippen LogP contribution in [-0.2, 0) is 27.3 Å². The summed E-state index contributed by atoms with van der Waals surface area (Å²) in [6.07, 6.45) is -0.190. The Labute approximate surface area is 218 Å². The number of anilines is 1. The predicted octanol–water partition coefficient (Wildman–Crippen LogP) is -1.08. The number of carbonyl (C=O) groups excluding carboxylic acids is 4. The summed E-state index contributed by atoms with van der Waals surface area (Å²) in [5.74, 6) is -7.96. The van der Waals surface area contributed by atoms with Gasteiger partial charge in [-0.3, -0.25) is 19.2 Å². The van der Waals surface area contributed by atoms with Gasteiger partial charge in [0.1, 0.15) is 17.4 Å². The van der Waals surface area contributed by atoms with Crippen LogP contribution in [0.15, 0.2) is 17.4 Å². The van der Waals surface area contributed by atoms with Crippen molar-refractivity contribution in [3.63, 3.8) is 0 Å². The second-order valence-electron chi connectivity index (χ2n) is 11.2. The minimum absolute atomic E-state index is 0.0827. The molecule has 0 aromatic heterocycles. The van der Waals surface area contributed by atoms with Gasteiger partial charge in [0.2, 0.25) is 11.8 Å². The summed E-state index contributed by atoms with van der Waals surface area (Å²) in [5, 5.41) is 46.9. The third-order valence-electron chi connectivity index (χ3n) is 8.61. The van der Waals surface area contributed by atoms with E-state index in [1.807, 2.05) is 0 Å². The van der Waals surface area contributed by atoms with Crippen LogP contribution in [0.1, 0.15) is 47.2 Å². The molecule has 4 aliphatic rings. The Morgan fingerprint density at radius 2 is 1.84 bits per heavy atom. The minimum Gasteiger partial charge on any atom is -0.508 e. The predicted molar refractivity (Wildman–Crippen MR) is 133 cm³/mol. The number of benzene rings is 1. The largest absolute Gasteiger partial charge is 0.508 e. The Balaban J connectivity index is 1.59. The zero-order chi connectivity index (χ0) is 27.9. The summed E-state index contributed by atoms with van der Waals surface area (Å²) >= 11 is 0. The van der Waals surface area contributed by atoms with E-state index in [2.05, 4.69) is 5.32 Å². The molecule has 0 bridgehead atoms. The van der Waals surface area contributed by atoms with Gasteiger partial charge in [-0.25, -0.2) is 0 Å². The van der Waals surface area contributed by atoms with Gasteiger partial charge in [0.15, 0.2) is 17.2 Å². The van der Waals surface area contributed by atoms with Crippen molar-refractivity contribution in [3.8, 4) is 5.75 Å². The number of nitrogens with two attached hydrogens (primary N) is 2. The van der Waals surface area contributed by atoms with E-state index in [1.165, 1.54) is 0 Å². The summed E-state index contributed by atoms with van der Waals surface area (Å²) in [7, 11) is 3.53. The summed E-state index contributed by atoms with van der Waals surface area (Å²) < 4.78 is 0. The third-order valence-corrected chi connectivity index (χ3v) is 8.61. The summed E-state index contributed by atoms with van der Waals surface area (Å²) in [6.45, 7) is -0.0951. The average Bonchev–Trinajstić information content (AvgIpc) is 3.58. The highest BCUT2D eigenvalue weighted by molar-refractivity contribution is 6.16. The highest BCUT2D eigenvalue weighted by atomic mass is 16.3. The first kappa shape index (κ1) is 26.1. The lowest BCUT2D eigenvalue weighted by molar-refractivity contribution is -0.167. The van der Waals surface area contributed by atoms with E-state index in [4.69, 9.17) is 11.5 Å². The Hall–Kier alpha value is -3.48. The topological polar surface area (TPSA) is 217 Å². The van der Waals surface area contributed by atoms with E-state index in [0.29, 0.717) is 24.1 Å². The standard InChI is InChI=1S/C26H32N4O8/c1-30(2)14-7-11(9-29-24(37)25(28)3-4-25)19(32)17-13(14)6-10-5-12-8-15(31)18(23(27)36)22(35)26(12,38)21(34)16(10)20(17)33/h7,10,12,15,18,31-32,34,38H,3-6,8-9,28H2,1-2H3,(H2,27,36)(H,29,37)/t10-,12+,15?,18?,26+/m1/s1. The molecule has 0 saturated heterocycles. The van der Waals surface area contributed by atoms with E-state index >= 15 is 0 Å². The lowest BCUT2D eigenvalue weighted by Gasteiger charge is -2.48. The molecule has 0 heterocycles. The third kappa shape index (κ3) is 3.62. The second-order valence-corrected chi connectivity index (χ2v) is 11.2. The zero-order valence-electron chi connectivity index (χ0n) is 21.2. The van der Waals surface area contributed by atoms with Crippen molar-refractivity contribution in [2.45, 2.75) is 55.9 Å². The van der Waals surface area contributed by atoms with Crippen LogP contribution in [0.25, 0.3) is 0 Å². The molecule has 204 valence electrons. The number of nitrogens with zero attached hydrogens (tertiary/aromatic N) is 1. The van der Waals surface area contributed by atoms with Gasteiger partial charge < -0.3 is 42.1 Å². The van der Waals surface area contributed by atoms with Crippen molar-refractivity contribution < 1.29 is 39.6 Å². The molecule has 2 fully saturated rings. The number of hydrogen-bond donors (Lipinski definition) is 7. The maximum atomic E-state index is 13.9. The number of aromatic hydroxyl groups is 1. The number of primary amides is 1. The number of ketones is 2. The molecule has 12 heteroatoms. The van der Waals surface area contributed by atoms with E-state index in [-0.39, 0.29) is 54.2 Å². The first-order valence-electron chi connectivity index (χ1n) is 12.6. The first-order chi connectivity index (χ1) is 17.7. The number of allylic oxidation sites excluding steroid dienone is 1. The van der Waals surface area contributed by atoms with E-state index in [9.17, 15) is 39.6 Å². The van der Waals surface area contributed by atoms with Gasteiger partial charge in [0, 0.05) is 43.4 Å². The fourth-order valence-electron chi connectivity index (χ4n) is 6.28. The molecule has 2 amide bonds. The second kappa shape index (κ2) is 8.52. The van der Waals surface area contributed by atoms with Gasteiger partial charge in [-0.15, -0.1) is 0 Å². The number of nitrogens with one attached hydrogen (secondary N) is 1. The van der Waals surface area contributed by atoms with Crippen LogP contribution in [0.2, 0.25) is 0 Å². The normalized spacial score (nSPS) is 31.2. The number of fused-ring (bicyclic) bond motifs is 3. The highest BCUT2D eigenvalue weighted by Gasteiger charge is 2.62. The number of phenolic OH excluding ortho intramolecular Hbond substituents is 1. The molecule has 12 nitrogen and oxygen atoms in total. The lowest BCUT2D eigenvalue weighted by atomic mass is 9.57. The number of rotatable bonds is 5. The van der Waals surface area contributed by atoms with E-state index < -0.39 is 58.2 Å². The fraction of sp³-hybridized carbons (Fsp3) is 0.538. The molecular formula is C26H32N4O8. The molecule has 9 N–H and O–H groups in total. The van der Waals surface area contributed by atoms with Gasteiger partial charge in [-0.2, -0.15) is 0 Å². The first-order valence-corrected chi connectivity index (χ1v) is 12.6. The van der Waals surface area contributed by atoms with Crippen LogP contribution in [0, 0.1) is 17.8 Å². The van der Waals surface area contributed by atoms with E-state index in [1.54, 1.807) is 25.1 Å². The monoisotopic (exact) mass is 528 g/mol. The van der Waals surface area contributed by atoms with Gasteiger partial charge in [0.25, 0.3) is 0 Å². The van der Waals surface area contributed by atoms with Gasteiger partial charge >= 0.3 is 0 Å². The molecule has 2 saturated carbocycles. The number of amides is 2. The SMILES string of the molecule is CN(C)c1cc(CNC(=O)C2(N)CC2)c(O)c2c1C[C@H]1C[C@H]3CC(O)C(C(N)=O)C(=O)[C@@]3(O)C(O)=C1C2=O. The van der Waals surface area contributed by atoms with Crippen molar-refractivity contribution in [1.29, 1.82) is 0 Å². The number of hydrogen-bond acceptors (Lipinski definition) is 10. The highest BCUT2D eigenvalue weighted by Crippen LogP contribution is 2.53. The molecule has 2 unspecified atom stereocenters. The van der Waals surface area contributed by atoms with Crippen molar-refractivity contribution >= 4 is 29.1 Å². The quantitative estimate of drug-likeness (QED) is 0.229. The average molecular weight is 529 g/mol. The number of phenols is 1. The summed E-state index contributed by atoms with van der Waals surface area (Å²) in [5.41, 5.74) is 8.83. The summed E-state index contributed by atoms with van der Waals surface area (Å²) in [6, 6.07) is 1.68. The molecule has 0 spiro atoms. The number of aliphatic hydroxyl groups excluding tert-OH is 2. The maximum absolute atomic E-state index is 13.9.